The Bertz CT molecular complexity index is 514. The first-order valence-electron chi connectivity index (χ1n) is 7.60. The molecular weight excluding hydrogens is 268 g/mol. The number of aryl methyl sites for hydroxylation is 1. The Morgan fingerprint density at radius 1 is 1.38 bits per heavy atom. The maximum Gasteiger partial charge on any atom is 0.225 e. The lowest BCUT2D eigenvalue weighted by molar-refractivity contribution is -0.124. The lowest BCUT2D eigenvalue weighted by atomic mass is 9.84. The molecule has 2 fully saturated rings. The molecule has 0 spiro atoms. The third-order valence-electron chi connectivity index (χ3n) is 4.57. The molecule has 0 radical (unpaired) electrons. The third kappa shape index (κ3) is 3.00. The van der Waals surface area contributed by atoms with Gasteiger partial charge in [0.05, 0.1) is 12.0 Å². The summed E-state index contributed by atoms with van der Waals surface area (Å²) in [6, 6.07) is 1.90. The van der Waals surface area contributed by atoms with Gasteiger partial charge in [0.1, 0.15) is 0 Å². The van der Waals surface area contributed by atoms with Gasteiger partial charge in [-0.25, -0.2) is 9.97 Å². The van der Waals surface area contributed by atoms with Gasteiger partial charge in [-0.3, -0.25) is 4.79 Å². The number of hydrogen-bond donors (Lipinski definition) is 1. The van der Waals surface area contributed by atoms with Gasteiger partial charge in [0.25, 0.3) is 0 Å². The maximum atomic E-state index is 11.5. The molecule has 0 bridgehead atoms. The zero-order valence-electron chi connectivity index (χ0n) is 12.4. The van der Waals surface area contributed by atoms with Gasteiger partial charge in [0, 0.05) is 31.6 Å². The van der Waals surface area contributed by atoms with Crippen molar-refractivity contribution in [3.05, 3.63) is 18.0 Å². The monoisotopic (exact) mass is 290 g/mol. The fraction of sp³-hybridized carbons (Fsp3) is 0.667. The number of piperidine rings is 1. The van der Waals surface area contributed by atoms with Crippen LogP contribution in [0.4, 0.5) is 5.95 Å². The van der Waals surface area contributed by atoms with E-state index in [1.165, 1.54) is 0 Å². The standard InChI is InChI=1S/C15H22N4O2/c1-10-2-6-17-15(18-10)19-7-3-11(4-8-19)13-12(14(16)20)5-9-21-13/h2,6,11-13H,3-5,7-9H2,1H3,(H2,16,20)/t12-,13+/m0/s1. The second-order valence-electron chi connectivity index (χ2n) is 5.96. The number of ether oxygens (including phenoxy) is 1. The van der Waals surface area contributed by atoms with Crippen LogP contribution in [0.2, 0.25) is 0 Å². The molecule has 0 saturated carbocycles. The number of aromatic nitrogens is 2. The summed E-state index contributed by atoms with van der Waals surface area (Å²) in [4.78, 5) is 22.5. The minimum Gasteiger partial charge on any atom is -0.377 e. The van der Waals surface area contributed by atoms with Gasteiger partial charge < -0.3 is 15.4 Å². The maximum absolute atomic E-state index is 11.5. The van der Waals surface area contributed by atoms with Gasteiger partial charge in [0.2, 0.25) is 11.9 Å². The van der Waals surface area contributed by atoms with Gasteiger partial charge >= 0.3 is 0 Å². The molecule has 3 rings (SSSR count). The molecule has 1 aromatic rings. The molecule has 1 amide bonds. The van der Waals surface area contributed by atoms with E-state index in [4.69, 9.17) is 10.5 Å². The highest BCUT2D eigenvalue weighted by molar-refractivity contribution is 5.77. The van der Waals surface area contributed by atoms with Gasteiger partial charge in [-0.1, -0.05) is 0 Å². The van der Waals surface area contributed by atoms with E-state index < -0.39 is 0 Å². The van der Waals surface area contributed by atoms with Crippen LogP contribution in [0, 0.1) is 18.8 Å². The Morgan fingerprint density at radius 2 is 2.14 bits per heavy atom. The summed E-state index contributed by atoms with van der Waals surface area (Å²) in [5.41, 5.74) is 6.46. The van der Waals surface area contributed by atoms with Crippen LogP contribution < -0.4 is 10.6 Å². The first-order chi connectivity index (χ1) is 10.1. The summed E-state index contributed by atoms with van der Waals surface area (Å²) in [5.74, 6) is 0.872. The molecule has 1 aromatic heterocycles. The zero-order valence-corrected chi connectivity index (χ0v) is 12.4. The van der Waals surface area contributed by atoms with Crippen LogP contribution >= 0.6 is 0 Å². The molecule has 2 aliphatic heterocycles. The molecular formula is C15H22N4O2. The number of carbonyl (C=O) groups excluding carboxylic acids is 1. The van der Waals surface area contributed by atoms with Gasteiger partial charge in [0.15, 0.2) is 0 Å². The van der Waals surface area contributed by atoms with E-state index >= 15 is 0 Å². The second-order valence-corrected chi connectivity index (χ2v) is 5.96. The molecule has 114 valence electrons. The number of anilines is 1. The molecule has 6 nitrogen and oxygen atoms in total. The summed E-state index contributed by atoms with van der Waals surface area (Å²) < 4.78 is 5.78. The molecule has 6 heteroatoms. The van der Waals surface area contributed by atoms with Crippen molar-refractivity contribution in [2.24, 2.45) is 17.6 Å². The molecule has 21 heavy (non-hydrogen) atoms. The van der Waals surface area contributed by atoms with Crippen LogP contribution in [0.1, 0.15) is 25.0 Å². The van der Waals surface area contributed by atoms with E-state index in [1.54, 1.807) is 6.20 Å². The third-order valence-corrected chi connectivity index (χ3v) is 4.57. The Labute approximate surface area is 124 Å². The quantitative estimate of drug-likeness (QED) is 0.894. The first-order valence-corrected chi connectivity index (χ1v) is 7.60. The minimum absolute atomic E-state index is 0.00285. The summed E-state index contributed by atoms with van der Waals surface area (Å²) in [5, 5.41) is 0. The molecule has 2 aliphatic rings. The summed E-state index contributed by atoms with van der Waals surface area (Å²) in [7, 11) is 0. The number of carbonyl (C=O) groups is 1. The summed E-state index contributed by atoms with van der Waals surface area (Å²) >= 11 is 0. The van der Waals surface area contributed by atoms with Crippen LogP contribution in [0.5, 0.6) is 0 Å². The Hall–Kier alpha value is -1.69. The summed E-state index contributed by atoms with van der Waals surface area (Å²) in [6.45, 7) is 4.43. The Morgan fingerprint density at radius 3 is 2.81 bits per heavy atom. The Balaban J connectivity index is 1.61. The summed E-state index contributed by atoms with van der Waals surface area (Å²) in [6.07, 6.45) is 4.55. The molecule has 2 atom stereocenters. The number of amides is 1. The first kappa shape index (κ1) is 14.3. The molecule has 2 N–H and O–H groups in total. The van der Waals surface area contributed by atoms with Crippen molar-refractivity contribution in [2.45, 2.75) is 32.3 Å². The Kier molecular flexibility index (Phi) is 4.05. The molecule has 0 aliphatic carbocycles. The lowest BCUT2D eigenvalue weighted by Crippen LogP contribution is -2.42. The molecule has 2 saturated heterocycles. The highest BCUT2D eigenvalue weighted by Gasteiger charge is 2.39. The van der Waals surface area contributed by atoms with Crippen molar-refractivity contribution in [1.29, 1.82) is 0 Å². The number of hydrogen-bond acceptors (Lipinski definition) is 5. The van der Waals surface area contributed by atoms with E-state index in [2.05, 4.69) is 14.9 Å². The van der Waals surface area contributed by atoms with Gasteiger partial charge in [-0.05, 0) is 38.2 Å². The number of rotatable bonds is 3. The number of primary amides is 1. The van der Waals surface area contributed by atoms with Crippen molar-refractivity contribution in [3.63, 3.8) is 0 Å². The predicted molar refractivity (Wildman–Crippen MR) is 78.7 cm³/mol. The van der Waals surface area contributed by atoms with E-state index in [1.807, 2.05) is 13.0 Å². The molecule has 0 aromatic carbocycles. The number of nitrogens with zero attached hydrogens (tertiary/aromatic N) is 3. The van der Waals surface area contributed by atoms with E-state index in [0.29, 0.717) is 12.5 Å². The molecule has 0 unspecified atom stereocenters. The fourth-order valence-corrected chi connectivity index (χ4v) is 3.40. The van der Waals surface area contributed by atoms with Crippen LogP contribution in [0.15, 0.2) is 12.3 Å². The smallest absolute Gasteiger partial charge is 0.225 e. The van der Waals surface area contributed by atoms with E-state index in [0.717, 1.165) is 44.0 Å². The van der Waals surface area contributed by atoms with Crippen LogP contribution in [0.25, 0.3) is 0 Å². The number of nitrogens with two attached hydrogens (primary N) is 1. The van der Waals surface area contributed by atoms with Crippen molar-refractivity contribution >= 4 is 11.9 Å². The highest BCUT2D eigenvalue weighted by Crippen LogP contribution is 2.33. The SMILES string of the molecule is Cc1ccnc(N2CCC([C@H]3OCC[C@@H]3C(N)=O)CC2)n1. The van der Waals surface area contributed by atoms with Gasteiger partial charge in [-0.2, -0.15) is 0 Å². The minimum atomic E-state index is -0.220. The lowest BCUT2D eigenvalue weighted by Gasteiger charge is -2.35. The van der Waals surface area contributed by atoms with E-state index in [9.17, 15) is 4.79 Å². The second kappa shape index (κ2) is 5.97. The average molecular weight is 290 g/mol. The van der Waals surface area contributed by atoms with Crippen molar-refractivity contribution in [3.8, 4) is 0 Å². The van der Waals surface area contributed by atoms with Gasteiger partial charge in [-0.15, -0.1) is 0 Å². The van der Waals surface area contributed by atoms with E-state index in [-0.39, 0.29) is 17.9 Å². The largest absolute Gasteiger partial charge is 0.377 e. The fourth-order valence-electron chi connectivity index (χ4n) is 3.40. The van der Waals surface area contributed by atoms with Crippen LogP contribution in [-0.4, -0.2) is 41.7 Å². The predicted octanol–water partition coefficient (Wildman–Crippen LogP) is 0.892. The average Bonchev–Trinajstić information content (AvgIpc) is 2.97. The van der Waals surface area contributed by atoms with Crippen molar-refractivity contribution in [1.82, 2.24) is 9.97 Å². The topological polar surface area (TPSA) is 81.3 Å². The zero-order chi connectivity index (χ0) is 14.8. The normalized spacial score (nSPS) is 27.0. The van der Waals surface area contributed by atoms with Crippen LogP contribution in [0.3, 0.4) is 0 Å². The molecule has 3 heterocycles. The van der Waals surface area contributed by atoms with Crippen molar-refractivity contribution < 1.29 is 9.53 Å². The van der Waals surface area contributed by atoms with Crippen molar-refractivity contribution in [2.75, 3.05) is 24.6 Å². The highest BCUT2D eigenvalue weighted by atomic mass is 16.5. The van der Waals surface area contributed by atoms with Crippen LogP contribution in [-0.2, 0) is 9.53 Å².